The monoisotopic (exact) mass is 597 g/mol. The van der Waals surface area contributed by atoms with E-state index in [1.54, 1.807) is 0 Å². The molecule has 226 valence electrons. The van der Waals surface area contributed by atoms with Crippen LogP contribution in [0.3, 0.4) is 0 Å². The maximum Gasteiger partial charge on any atom is 0.417 e. The van der Waals surface area contributed by atoms with Crippen LogP contribution in [0.5, 0.6) is 17.2 Å². The number of hydrogen-bond acceptors (Lipinski definition) is 12. The van der Waals surface area contributed by atoms with E-state index in [1.807, 2.05) is 0 Å². The Balaban J connectivity index is 1.67. The minimum absolute atomic E-state index is 0.00910. The van der Waals surface area contributed by atoms with Crippen molar-refractivity contribution in [3.8, 4) is 17.2 Å². The SMILES string of the molecule is COc1cccc2c1C(=O)c1c(O)c3c(c(O)c1C2=O)C[C@@](O)(C(=O)CO)C[C@@H]3O[C@H]1C[C@H](N)[C@H](O)[C@H](C(F)(F)F)O1. The number of alkyl halides is 3. The molecule has 15 heteroatoms. The average Bonchev–Trinajstić information content (AvgIpc) is 2.93. The first-order valence-electron chi connectivity index (χ1n) is 12.7. The van der Waals surface area contributed by atoms with Crippen LogP contribution in [0.4, 0.5) is 13.2 Å². The lowest BCUT2D eigenvalue weighted by Gasteiger charge is -2.43. The smallest absolute Gasteiger partial charge is 0.417 e. The molecule has 2 aliphatic carbocycles. The van der Waals surface area contributed by atoms with Gasteiger partial charge in [0.05, 0.1) is 29.9 Å². The van der Waals surface area contributed by atoms with Gasteiger partial charge in [-0.1, -0.05) is 12.1 Å². The molecule has 42 heavy (non-hydrogen) atoms. The summed E-state index contributed by atoms with van der Waals surface area (Å²) in [5.41, 5.74) is 0.764. The zero-order valence-electron chi connectivity index (χ0n) is 21.8. The molecule has 3 aliphatic rings. The number of nitrogens with two attached hydrogens (primary N) is 1. The Kier molecular flexibility index (Phi) is 7.32. The molecular weight excluding hydrogens is 571 g/mol. The molecule has 0 bridgehead atoms. The molecule has 1 aliphatic heterocycles. The third kappa shape index (κ3) is 4.53. The number of methoxy groups -OCH3 is 1. The van der Waals surface area contributed by atoms with Crippen molar-refractivity contribution in [2.24, 2.45) is 5.73 Å². The van der Waals surface area contributed by atoms with Crippen molar-refractivity contribution in [2.45, 2.75) is 61.7 Å². The first-order chi connectivity index (χ1) is 19.6. The fourth-order valence-electron chi connectivity index (χ4n) is 5.82. The topological polar surface area (TPSA) is 206 Å². The highest BCUT2D eigenvalue weighted by Gasteiger charge is 2.54. The largest absolute Gasteiger partial charge is 0.507 e. The number of halogens is 3. The maximum absolute atomic E-state index is 13.6. The molecule has 12 nitrogen and oxygen atoms in total. The highest BCUT2D eigenvalue weighted by atomic mass is 19.4. The molecule has 0 saturated carbocycles. The van der Waals surface area contributed by atoms with Crippen molar-refractivity contribution in [1.82, 2.24) is 0 Å². The summed E-state index contributed by atoms with van der Waals surface area (Å²) < 4.78 is 56.4. The molecular formula is C27H26F3NO11. The van der Waals surface area contributed by atoms with Crippen LogP contribution in [-0.2, 0) is 20.7 Å². The van der Waals surface area contributed by atoms with E-state index in [4.69, 9.17) is 19.9 Å². The molecule has 0 unspecified atom stereocenters. The van der Waals surface area contributed by atoms with E-state index in [-0.39, 0.29) is 16.9 Å². The number of benzene rings is 2. The molecule has 7 N–H and O–H groups in total. The van der Waals surface area contributed by atoms with Crippen molar-refractivity contribution in [2.75, 3.05) is 13.7 Å². The van der Waals surface area contributed by atoms with Gasteiger partial charge >= 0.3 is 6.18 Å². The number of ether oxygens (including phenoxy) is 3. The Hall–Kier alpha value is -3.60. The van der Waals surface area contributed by atoms with Gasteiger partial charge in [0.25, 0.3) is 0 Å². The highest BCUT2D eigenvalue weighted by Crippen LogP contribution is 2.52. The van der Waals surface area contributed by atoms with Crippen molar-refractivity contribution in [1.29, 1.82) is 0 Å². The molecule has 0 amide bonds. The second kappa shape index (κ2) is 10.3. The number of fused-ring (bicyclic) bond motifs is 3. The molecule has 0 radical (unpaired) electrons. The van der Waals surface area contributed by atoms with Crippen LogP contribution in [0, 0.1) is 0 Å². The lowest BCUT2D eigenvalue weighted by molar-refractivity contribution is -0.323. The number of rotatable bonds is 5. The minimum Gasteiger partial charge on any atom is -0.507 e. The summed E-state index contributed by atoms with van der Waals surface area (Å²) >= 11 is 0. The van der Waals surface area contributed by atoms with Gasteiger partial charge in [0.15, 0.2) is 24.0 Å². The number of phenols is 2. The lowest BCUT2D eigenvalue weighted by atomic mass is 9.72. The molecule has 6 atom stereocenters. The molecule has 2 aromatic carbocycles. The van der Waals surface area contributed by atoms with Crippen molar-refractivity contribution >= 4 is 17.3 Å². The fraction of sp³-hybridized carbons (Fsp3) is 0.444. The summed E-state index contributed by atoms with van der Waals surface area (Å²) in [6.07, 6.45) is -15.5. The van der Waals surface area contributed by atoms with Crippen molar-refractivity contribution < 1.29 is 67.3 Å². The zero-order valence-corrected chi connectivity index (χ0v) is 21.8. The van der Waals surface area contributed by atoms with Crippen LogP contribution >= 0.6 is 0 Å². The van der Waals surface area contributed by atoms with Crippen LogP contribution in [0.1, 0.15) is 61.9 Å². The summed E-state index contributed by atoms with van der Waals surface area (Å²) in [6.45, 7) is -1.17. The van der Waals surface area contributed by atoms with Gasteiger partial charge in [-0.2, -0.15) is 13.2 Å². The Bertz CT molecular complexity index is 1490. The summed E-state index contributed by atoms with van der Waals surface area (Å²) in [5.74, 6) is -4.74. The number of aliphatic hydroxyl groups excluding tert-OH is 2. The standard InChI is InChI=1S/C27H26F3NO11/c1-40-12-4-2-3-9-16(12)23(37)19-18(20(9)34)21(35)10-6-26(39,14(33)8-32)7-13(17(10)24(19)38)41-15-5-11(31)22(36)25(42-15)27(28,29)30/h2-4,11,13,15,22,25,32,35-36,38-39H,5-8,31H2,1H3/t11-,13-,15+,22-,25+,26-/m0/s1. The Morgan fingerprint density at radius 3 is 2.43 bits per heavy atom. The third-order valence-electron chi connectivity index (χ3n) is 7.89. The van der Waals surface area contributed by atoms with Gasteiger partial charge in [0.2, 0.25) is 5.78 Å². The summed E-state index contributed by atoms with van der Waals surface area (Å²) in [5, 5.41) is 53.3. The van der Waals surface area contributed by atoms with Gasteiger partial charge in [-0.05, 0) is 6.07 Å². The first kappa shape index (κ1) is 29.9. The van der Waals surface area contributed by atoms with Crippen LogP contribution < -0.4 is 10.5 Å². The van der Waals surface area contributed by atoms with Crippen molar-refractivity contribution in [3.05, 3.63) is 51.6 Å². The van der Waals surface area contributed by atoms with Gasteiger partial charge < -0.3 is 45.5 Å². The van der Waals surface area contributed by atoms with E-state index >= 15 is 0 Å². The van der Waals surface area contributed by atoms with E-state index in [1.165, 1.54) is 25.3 Å². The quantitative estimate of drug-likeness (QED) is 0.223. The van der Waals surface area contributed by atoms with Gasteiger partial charge in [0, 0.05) is 42.0 Å². The van der Waals surface area contributed by atoms with E-state index in [0.29, 0.717) is 0 Å². The highest BCUT2D eigenvalue weighted by molar-refractivity contribution is 6.31. The molecule has 2 aromatic rings. The zero-order chi connectivity index (χ0) is 30.9. The van der Waals surface area contributed by atoms with Crippen LogP contribution in [0.2, 0.25) is 0 Å². The van der Waals surface area contributed by atoms with Gasteiger partial charge in [-0.25, -0.2) is 0 Å². The third-order valence-corrected chi connectivity index (χ3v) is 7.89. The van der Waals surface area contributed by atoms with Gasteiger partial charge in [0.1, 0.15) is 35.6 Å². The number of carbonyl (C=O) groups excluding carboxylic acids is 3. The molecule has 1 saturated heterocycles. The Morgan fingerprint density at radius 1 is 1.14 bits per heavy atom. The van der Waals surface area contributed by atoms with Crippen LogP contribution in [0.15, 0.2) is 18.2 Å². The number of phenolic OH excluding ortho intramolecular Hbond substituents is 2. The number of aromatic hydroxyl groups is 2. The molecule has 0 aromatic heterocycles. The molecule has 0 spiro atoms. The molecule has 1 heterocycles. The van der Waals surface area contributed by atoms with Gasteiger partial charge in [-0.15, -0.1) is 0 Å². The first-order valence-corrected chi connectivity index (χ1v) is 12.7. The summed E-state index contributed by atoms with van der Waals surface area (Å²) in [7, 11) is 1.25. The van der Waals surface area contributed by atoms with E-state index in [9.17, 15) is 53.1 Å². The van der Waals surface area contributed by atoms with E-state index in [2.05, 4.69) is 0 Å². The summed E-state index contributed by atoms with van der Waals surface area (Å²) in [6, 6.07) is 2.63. The Morgan fingerprint density at radius 2 is 1.81 bits per heavy atom. The normalized spacial score (nSPS) is 29.0. The van der Waals surface area contributed by atoms with Crippen molar-refractivity contribution in [3.63, 3.8) is 0 Å². The Labute approximate surface area is 235 Å². The average molecular weight is 597 g/mol. The number of hydrogen-bond donors (Lipinski definition) is 6. The van der Waals surface area contributed by atoms with Gasteiger partial charge in [-0.3, -0.25) is 14.4 Å². The maximum atomic E-state index is 13.6. The van der Waals surface area contributed by atoms with Crippen LogP contribution in [-0.4, -0.2) is 92.9 Å². The minimum atomic E-state index is -5.06. The second-order valence-electron chi connectivity index (χ2n) is 10.4. The predicted molar refractivity (Wildman–Crippen MR) is 132 cm³/mol. The number of aliphatic hydroxyl groups is 3. The van der Waals surface area contributed by atoms with E-state index in [0.717, 1.165) is 0 Å². The summed E-state index contributed by atoms with van der Waals surface area (Å²) in [4.78, 5) is 39.7. The fourth-order valence-corrected chi connectivity index (χ4v) is 5.82. The molecule has 1 fully saturated rings. The number of Topliss-reactive ketones (excluding diaryl/α,β-unsaturated/α-hetero) is 1. The number of ketones is 3. The van der Waals surface area contributed by atoms with Crippen LogP contribution in [0.25, 0.3) is 0 Å². The second-order valence-corrected chi connectivity index (χ2v) is 10.4. The number of carbonyl (C=O) groups is 3. The van der Waals surface area contributed by atoms with E-state index < -0.39 is 119 Å². The molecule has 5 rings (SSSR count). The lowest BCUT2D eigenvalue weighted by Crippen LogP contribution is -2.58. The predicted octanol–water partition coefficient (Wildman–Crippen LogP) is 0.544.